The van der Waals surface area contributed by atoms with Gasteiger partial charge < -0.3 is 4.74 Å². The van der Waals surface area contributed by atoms with E-state index in [0.29, 0.717) is 12.2 Å². The summed E-state index contributed by atoms with van der Waals surface area (Å²) in [7, 11) is 0. The van der Waals surface area contributed by atoms with Crippen LogP contribution in [-0.4, -0.2) is 12.1 Å². The maximum atomic E-state index is 12.2. The lowest BCUT2D eigenvalue weighted by Crippen LogP contribution is -2.17. The van der Waals surface area contributed by atoms with Crippen LogP contribution < -0.4 is 10.2 Å². The Morgan fingerprint density at radius 3 is 2.47 bits per heavy atom. The zero-order valence-electron chi connectivity index (χ0n) is 16.7. The lowest BCUT2D eigenvalue weighted by atomic mass is 10.1. The highest BCUT2D eigenvalue weighted by atomic mass is 127. The van der Waals surface area contributed by atoms with E-state index >= 15 is 0 Å². The lowest BCUT2D eigenvalue weighted by Gasteiger charge is -2.13. The van der Waals surface area contributed by atoms with Gasteiger partial charge in [-0.25, -0.2) is 5.43 Å². The summed E-state index contributed by atoms with van der Waals surface area (Å²) in [6.07, 6.45) is 1.63. The fraction of sp³-hybridized carbons (Fsp3) is 0.0400. The van der Waals surface area contributed by atoms with Crippen LogP contribution in [0.3, 0.4) is 0 Å². The standard InChI is InChI=1S/C25H17BrI2N2O2/c26-20-9-4-7-18(13-20)25(31)30-29-14-16-11-22(27)24(23(28)12-16)32-15-19-8-3-6-17-5-1-2-10-21(17)19/h1-14H,15H2,(H,30,31)/b29-14+. The lowest BCUT2D eigenvalue weighted by molar-refractivity contribution is 0.0955. The third kappa shape index (κ3) is 5.68. The van der Waals surface area contributed by atoms with E-state index < -0.39 is 0 Å². The molecule has 0 atom stereocenters. The van der Waals surface area contributed by atoms with E-state index in [1.807, 2.05) is 36.4 Å². The Morgan fingerprint density at radius 1 is 0.969 bits per heavy atom. The number of amides is 1. The van der Waals surface area contributed by atoms with E-state index in [2.05, 4.69) is 102 Å². The Labute approximate surface area is 221 Å². The monoisotopic (exact) mass is 710 g/mol. The number of hydrogen-bond acceptors (Lipinski definition) is 3. The van der Waals surface area contributed by atoms with E-state index in [9.17, 15) is 4.79 Å². The molecule has 4 aromatic carbocycles. The molecule has 0 aliphatic carbocycles. The van der Waals surface area contributed by atoms with Gasteiger partial charge in [-0.05, 0) is 97.4 Å². The van der Waals surface area contributed by atoms with Gasteiger partial charge in [0.05, 0.1) is 13.4 Å². The van der Waals surface area contributed by atoms with Crippen molar-refractivity contribution in [2.24, 2.45) is 5.10 Å². The van der Waals surface area contributed by atoms with E-state index in [-0.39, 0.29) is 5.91 Å². The van der Waals surface area contributed by atoms with Crippen LogP contribution in [0.25, 0.3) is 10.8 Å². The van der Waals surface area contributed by atoms with Crippen LogP contribution in [0.2, 0.25) is 0 Å². The number of benzene rings is 4. The molecule has 1 amide bonds. The van der Waals surface area contributed by atoms with Gasteiger partial charge in [-0.2, -0.15) is 5.10 Å². The average molecular weight is 711 g/mol. The van der Waals surface area contributed by atoms with Crippen LogP contribution in [0.15, 0.2) is 88.4 Å². The quantitative estimate of drug-likeness (QED) is 0.131. The molecule has 1 N–H and O–H groups in total. The minimum absolute atomic E-state index is 0.262. The normalized spacial score (nSPS) is 11.1. The summed E-state index contributed by atoms with van der Waals surface area (Å²) in [6.45, 7) is 0.490. The third-order valence-electron chi connectivity index (χ3n) is 4.74. The molecular formula is C25H17BrI2N2O2. The Bertz CT molecular complexity index is 1300. The molecule has 7 heteroatoms. The maximum Gasteiger partial charge on any atom is 0.271 e. The predicted octanol–water partition coefficient (Wildman–Crippen LogP) is 7.15. The van der Waals surface area contributed by atoms with Crippen molar-refractivity contribution in [3.05, 3.63) is 107 Å². The van der Waals surface area contributed by atoms with Gasteiger partial charge in [0, 0.05) is 10.0 Å². The largest absolute Gasteiger partial charge is 0.487 e. The van der Waals surface area contributed by atoms with Gasteiger partial charge in [0.15, 0.2) is 0 Å². The molecule has 0 heterocycles. The van der Waals surface area contributed by atoms with Crippen molar-refractivity contribution < 1.29 is 9.53 Å². The van der Waals surface area contributed by atoms with Crippen LogP contribution in [0.5, 0.6) is 5.75 Å². The number of halogens is 3. The second kappa shape index (κ2) is 10.8. The number of nitrogens with one attached hydrogen (secondary N) is 1. The zero-order valence-corrected chi connectivity index (χ0v) is 22.6. The molecule has 0 unspecified atom stereocenters. The first-order valence-electron chi connectivity index (χ1n) is 9.69. The number of ether oxygens (including phenoxy) is 1. The number of rotatable bonds is 6. The molecule has 0 spiro atoms. The molecule has 32 heavy (non-hydrogen) atoms. The van der Waals surface area contributed by atoms with Crippen LogP contribution >= 0.6 is 61.1 Å². The Hall–Kier alpha value is -1.98. The fourth-order valence-electron chi connectivity index (χ4n) is 3.22. The summed E-state index contributed by atoms with van der Waals surface area (Å²) >= 11 is 7.90. The summed E-state index contributed by atoms with van der Waals surface area (Å²) in [5, 5.41) is 6.50. The van der Waals surface area contributed by atoms with Crippen LogP contribution in [0, 0.1) is 7.14 Å². The van der Waals surface area contributed by atoms with Gasteiger partial charge in [-0.3, -0.25) is 4.79 Å². The molecule has 160 valence electrons. The van der Waals surface area contributed by atoms with Crippen LogP contribution in [0.1, 0.15) is 21.5 Å². The molecule has 0 fully saturated rings. The van der Waals surface area contributed by atoms with Crippen molar-refractivity contribution >= 4 is 84.0 Å². The first kappa shape index (κ1) is 23.2. The van der Waals surface area contributed by atoms with Crippen molar-refractivity contribution in [2.45, 2.75) is 6.61 Å². The van der Waals surface area contributed by atoms with Crippen molar-refractivity contribution in [3.8, 4) is 5.75 Å². The first-order valence-corrected chi connectivity index (χ1v) is 12.6. The molecule has 0 bridgehead atoms. The first-order chi connectivity index (χ1) is 15.5. The summed E-state index contributed by atoms with van der Waals surface area (Å²) in [5.74, 6) is 0.580. The molecule has 4 nitrogen and oxygen atoms in total. The maximum absolute atomic E-state index is 12.2. The topological polar surface area (TPSA) is 50.7 Å². The summed E-state index contributed by atoms with van der Waals surface area (Å²) in [4.78, 5) is 12.2. The average Bonchev–Trinajstić information content (AvgIpc) is 2.78. The van der Waals surface area contributed by atoms with Crippen molar-refractivity contribution in [3.63, 3.8) is 0 Å². The molecular weight excluding hydrogens is 694 g/mol. The number of hydrogen-bond donors (Lipinski definition) is 1. The number of hydrazone groups is 1. The molecule has 0 saturated heterocycles. The Kier molecular flexibility index (Phi) is 7.80. The fourth-order valence-corrected chi connectivity index (χ4v) is 5.75. The number of nitrogens with zero attached hydrogens (tertiary/aromatic N) is 1. The number of carbonyl (C=O) groups excluding carboxylic acids is 1. The van der Waals surface area contributed by atoms with E-state index in [1.54, 1.807) is 18.3 Å². The third-order valence-corrected chi connectivity index (χ3v) is 6.83. The summed E-state index contributed by atoms with van der Waals surface area (Å²) in [5.41, 5.74) is 5.13. The van der Waals surface area contributed by atoms with Gasteiger partial charge in [-0.15, -0.1) is 0 Å². The molecule has 0 aliphatic rings. The van der Waals surface area contributed by atoms with Crippen molar-refractivity contribution in [1.82, 2.24) is 5.43 Å². The second-order valence-corrected chi connectivity index (χ2v) is 10.2. The van der Waals surface area contributed by atoms with E-state index in [4.69, 9.17) is 4.74 Å². The summed E-state index contributed by atoms with van der Waals surface area (Å²) < 4.78 is 9.00. The Balaban J connectivity index is 1.45. The SMILES string of the molecule is O=C(N/N=C/c1cc(I)c(OCc2cccc3ccccc23)c(I)c1)c1cccc(Br)c1. The minimum atomic E-state index is -0.262. The minimum Gasteiger partial charge on any atom is -0.487 e. The van der Waals surface area contributed by atoms with Gasteiger partial charge >= 0.3 is 0 Å². The highest BCUT2D eigenvalue weighted by molar-refractivity contribution is 14.1. The van der Waals surface area contributed by atoms with Gasteiger partial charge in [-0.1, -0.05) is 64.5 Å². The van der Waals surface area contributed by atoms with E-state index in [1.165, 1.54) is 10.8 Å². The van der Waals surface area contributed by atoms with Crippen molar-refractivity contribution in [1.29, 1.82) is 0 Å². The molecule has 4 rings (SSSR count). The number of carbonyl (C=O) groups is 1. The zero-order chi connectivity index (χ0) is 22.5. The van der Waals surface area contributed by atoms with Gasteiger partial charge in [0.25, 0.3) is 5.91 Å². The molecule has 0 aliphatic heterocycles. The smallest absolute Gasteiger partial charge is 0.271 e. The Morgan fingerprint density at radius 2 is 1.69 bits per heavy atom. The predicted molar refractivity (Wildman–Crippen MR) is 149 cm³/mol. The van der Waals surface area contributed by atoms with E-state index in [0.717, 1.165) is 28.5 Å². The summed E-state index contributed by atoms with van der Waals surface area (Å²) in [6, 6.07) is 25.7. The molecule has 0 aromatic heterocycles. The van der Waals surface area contributed by atoms with Gasteiger partial charge in [0.1, 0.15) is 12.4 Å². The van der Waals surface area contributed by atoms with Crippen molar-refractivity contribution in [2.75, 3.05) is 0 Å². The molecule has 4 aromatic rings. The number of fused-ring (bicyclic) bond motifs is 1. The van der Waals surface area contributed by atoms with Crippen LogP contribution in [-0.2, 0) is 6.61 Å². The second-order valence-electron chi connectivity index (χ2n) is 6.95. The molecule has 0 radical (unpaired) electrons. The molecule has 0 saturated carbocycles. The van der Waals surface area contributed by atoms with Crippen LogP contribution in [0.4, 0.5) is 0 Å². The van der Waals surface area contributed by atoms with Gasteiger partial charge in [0.2, 0.25) is 0 Å². The highest BCUT2D eigenvalue weighted by Gasteiger charge is 2.10. The highest BCUT2D eigenvalue weighted by Crippen LogP contribution is 2.30.